The molecule has 0 radical (unpaired) electrons. The standard InChI is InChI=1S/C15H17BrN2O/c1-9-4-5-10(2)12(6-9)7-18-8-13(17)11(3)14(16)15(18)19/h4-6,8H,7,17H2,1-3H3. The second-order valence-corrected chi connectivity index (χ2v) is 5.68. The van der Waals surface area contributed by atoms with E-state index in [0.717, 1.165) is 11.1 Å². The minimum absolute atomic E-state index is 0.0485. The van der Waals surface area contributed by atoms with Gasteiger partial charge in [-0.15, -0.1) is 0 Å². The van der Waals surface area contributed by atoms with Crippen molar-refractivity contribution < 1.29 is 0 Å². The van der Waals surface area contributed by atoms with Gasteiger partial charge in [0.2, 0.25) is 0 Å². The van der Waals surface area contributed by atoms with Crippen molar-refractivity contribution in [2.45, 2.75) is 27.3 Å². The number of benzene rings is 1. The zero-order valence-electron chi connectivity index (χ0n) is 11.3. The number of rotatable bonds is 2. The molecule has 0 fully saturated rings. The van der Waals surface area contributed by atoms with Crippen molar-refractivity contribution >= 4 is 21.6 Å². The molecule has 0 amide bonds. The van der Waals surface area contributed by atoms with Crippen LogP contribution in [0.15, 0.2) is 33.7 Å². The molecule has 0 saturated carbocycles. The Bertz CT molecular complexity index is 689. The SMILES string of the molecule is Cc1ccc(C)c(Cn2cc(N)c(C)c(Br)c2=O)c1. The van der Waals surface area contributed by atoms with Crippen LogP contribution in [0.25, 0.3) is 0 Å². The van der Waals surface area contributed by atoms with Crippen molar-refractivity contribution in [2.24, 2.45) is 0 Å². The highest BCUT2D eigenvalue weighted by Gasteiger charge is 2.09. The van der Waals surface area contributed by atoms with Crippen LogP contribution in [0.3, 0.4) is 0 Å². The van der Waals surface area contributed by atoms with Gasteiger partial charge in [-0.25, -0.2) is 0 Å². The molecule has 0 unspecified atom stereocenters. The summed E-state index contributed by atoms with van der Waals surface area (Å²) >= 11 is 3.31. The van der Waals surface area contributed by atoms with E-state index in [1.807, 2.05) is 20.8 Å². The predicted molar refractivity (Wildman–Crippen MR) is 82.6 cm³/mol. The highest BCUT2D eigenvalue weighted by molar-refractivity contribution is 9.10. The lowest BCUT2D eigenvalue weighted by Gasteiger charge is -2.12. The van der Waals surface area contributed by atoms with Crippen molar-refractivity contribution in [2.75, 3.05) is 5.73 Å². The van der Waals surface area contributed by atoms with Gasteiger partial charge < -0.3 is 10.3 Å². The zero-order valence-corrected chi connectivity index (χ0v) is 12.9. The van der Waals surface area contributed by atoms with Crippen LogP contribution in [-0.4, -0.2) is 4.57 Å². The Morgan fingerprint density at radius 2 is 1.95 bits per heavy atom. The van der Waals surface area contributed by atoms with Gasteiger partial charge in [-0.05, 0) is 53.4 Å². The Kier molecular flexibility index (Phi) is 3.80. The second-order valence-electron chi connectivity index (χ2n) is 4.89. The van der Waals surface area contributed by atoms with E-state index in [2.05, 4.69) is 34.1 Å². The fourth-order valence-corrected chi connectivity index (χ4v) is 2.46. The van der Waals surface area contributed by atoms with E-state index in [4.69, 9.17) is 5.73 Å². The number of nitrogens with two attached hydrogens (primary N) is 1. The summed E-state index contributed by atoms with van der Waals surface area (Å²) < 4.78 is 2.19. The van der Waals surface area contributed by atoms with Crippen LogP contribution < -0.4 is 11.3 Å². The number of aryl methyl sites for hydroxylation is 2. The summed E-state index contributed by atoms with van der Waals surface area (Å²) in [5, 5.41) is 0. The molecule has 0 bridgehead atoms. The molecule has 0 aliphatic rings. The molecule has 2 N–H and O–H groups in total. The van der Waals surface area contributed by atoms with E-state index in [1.165, 1.54) is 11.1 Å². The van der Waals surface area contributed by atoms with Gasteiger partial charge in [-0.2, -0.15) is 0 Å². The van der Waals surface area contributed by atoms with Crippen LogP contribution in [0.4, 0.5) is 5.69 Å². The first-order chi connectivity index (χ1) is 8.90. The summed E-state index contributed by atoms with van der Waals surface area (Å²) in [4.78, 5) is 12.2. The zero-order chi connectivity index (χ0) is 14.2. The van der Waals surface area contributed by atoms with Crippen LogP contribution in [-0.2, 0) is 6.54 Å². The predicted octanol–water partition coefficient (Wildman–Crippen LogP) is 3.17. The Hall–Kier alpha value is -1.55. The molecule has 2 aromatic rings. The molecule has 0 aliphatic carbocycles. The highest BCUT2D eigenvalue weighted by atomic mass is 79.9. The summed E-state index contributed by atoms with van der Waals surface area (Å²) in [6, 6.07) is 6.25. The van der Waals surface area contributed by atoms with E-state index >= 15 is 0 Å². The van der Waals surface area contributed by atoms with Crippen molar-refractivity contribution in [1.29, 1.82) is 0 Å². The van der Waals surface area contributed by atoms with Gasteiger partial charge in [-0.1, -0.05) is 23.8 Å². The van der Waals surface area contributed by atoms with Gasteiger partial charge in [0.15, 0.2) is 0 Å². The third-order valence-corrected chi connectivity index (χ3v) is 4.29. The Labute approximate surface area is 121 Å². The smallest absolute Gasteiger partial charge is 0.265 e. The molecule has 4 heteroatoms. The van der Waals surface area contributed by atoms with Gasteiger partial charge in [0.05, 0.1) is 16.7 Å². The molecule has 19 heavy (non-hydrogen) atoms. The molecule has 2 rings (SSSR count). The molecule has 3 nitrogen and oxygen atoms in total. The van der Waals surface area contributed by atoms with Crippen molar-refractivity contribution in [3.05, 3.63) is 61.5 Å². The van der Waals surface area contributed by atoms with Gasteiger partial charge in [0.1, 0.15) is 0 Å². The van der Waals surface area contributed by atoms with Gasteiger partial charge in [0, 0.05) is 6.20 Å². The summed E-state index contributed by atoms with van der Waals surface area (Å²) in [5.41, 5.74) is 10.8. The van der Waals surface area contributed by atoms with Crippen molar-refractivity contribution in [1.82, 2.24) is 4.57 Å². The number of aromatic nitrogens is 1. The summed E-state index contributed by atoms with van der Waals surface area (Å²) in [5.74, 6) is 0. The number of halogens is 1. The van der Waals surface area contributed by atoms with E-state index in [1.54, 1.807) is 10.8 Å². The van der Waals surface area contributed by atoms with E-state index in [9.17, 15) is 4.79 Å². The van der Waals surface area contributed by atoms with Gasteiger partial charge in [0.25, 0.3) is 5.56 Å². The average Bonchev–Trinajstić information content (AvgIpc) is 2.37. The first-order valence-electron chi connectivity index (χ1n) is 6.11. The molecule has 0 aliphatic heterocycles. The van der Waals surface area contributed by atoms with Crippen LogP contribution >= 0.6 is 15.9 Å². The monoisotopic (exact) mass is 320 g/mol. The van der Waals surface area contributed by atoms with Crippen LogP contribution in [0.5, 0.6) is 0 Å². The highest BCUT2D eigenvalue weighted by Crippen LogP contribution is 2.18. The molecule has 1 aromatic heterocycles. The van der Waals surface area contributed by atoms with Gasteiger partial charge in [-0.3, -0.25) is 4.79 Å². The van der Waals surface area contributed by atoms with E-state index in [-0.39, 0.29) is 5.56 Å². The number of hydrogen-bond donors (Lipinski definition) is 1. The lowest BCUT2D eigenvalue weighted by molar-refractivity contribution is 0.750. The normalized spacial score (nSPS) is 10.7. The van der Waals surface area contributed by atoms with Crippen LogP contribution in [0.1, 0.15) is 22.3 Å². The first kappa shape index (κ1) is 13.9. The molecule has 1 aromatic carbocycles. The Balaban J connectivity index is 2.50. The lowest BCUT2D eigenvalue weighted by Crippen LogP contribution is -2.23. The summed E-state index contributed by atoms with van der Waals surface area (Å²) in [6.45, 7) is 6.47. The number of nitrogen functional groups attached to an aromatic ring is 1. The van der Waals surface area contributed by atoms with E-state index < -0.39 is 0 Å². The largest absolute Gasteiger partial charge is 0.397 e. The summed E-state index contributed by atoms with van der Waals surface area (Å²) in [6.07, 6.45) is 1.71. The maximum absolute atomic E-state index is 12.2. The van der Waals surface area contributed by atoms with Crippen LogP contribution in [0, 0.1) is 20.8 Å². The van der Waals surface area contributed by atoms with Gasteiger partial charge >= 0.3 is 0 Å². The summed E-state index contributed by atoms with van der Waals surface area (Å²) in [7, 11) is 0. The minimum Gasteiger partial charge on any atom is -0.397 e. The molecule has 0 atom stereocenters. The fourth-order valence-electron chi connectivity index (χ4n) is 2.01. The Morgan fingerprint density at radius 1 is 1.26 bits per heavy atom. The fraction of sp³-hybridized carbons (Fsp3) is 0.267. The lowest BCUT2D eigenvalue weighted by atomic mass is 10.1. The first-order valence-corrected chi connectivity index (χ1v) is 6.90. The third-order valence-electron chi connectivity index (χ3n) is 3.35. The number of nitrogens with zero attached hydrogens (tertiary/aromatic N) is 1. The van der Waals surface area contributed by atoms with Crippen molar-refractivity contribution in [3.63, 3.8) is 0 Å². The molecule has 0 spiro atoms. The topological polar surface area (TPSA) is 48.0 Å². The third kappa shape index (κ3) is 2.73. The maximum atomic E-state index is 12.2. The quantitative estimate of drug-likeness (QED) is 0.923. The Morgan fingerprint density at radius 3 is 2.63 bits per heavy atom. The number of anilines is 1. The molecule has 1 heterocycles. The average molecular weight is 321 g/mol. The number of hydrogen-bond acceptors (Lipinski definition) is 2. The molecular weight excluding hydrogens is 304 g/mol. The molecule has 100 valence electrons. The number of pyridine rings is 1. The van der Waals surface area contributed by atoms with Crippen LogP contribution in [0.2, 0.25) is 0 Å². The second kappa shape index (κ2) is 5.21. The van der Waals surface area contributed by atoms with Crippen molar-refractivity contribution in [3.8, 4) is 0 Å². The minimum atomic E-state index is -0.0485. The molecule has 0 saturated heterocycles. The molecular formula is C15H17BrN2O. The maximum Gasteiger partial charge on any atom is 0.265 e. The van der Waals surface area contributed by atoms with E-state index in [0.29, 0.717) is 16.7 Å².